The van der Waals surface area contributed by atoms with Crippen LogP contribution in [0.5, 0.6) is 0 Å². The van der Waals surface area contributed by atoms with Gasteiger partial charge in [0, 0.05) is 33.0 Å². The van der Waals surface area contributed by atoms with E-state index in [2.05, 4.69) is 15.6 Å². The molecule has 0 radical (unpaired) electrons. The molecule has 0 aliphatic heterocycles. The minimum atomic E-state index is -0.509. The fourth-order valence-corrected chi connectivity index (χ4v) is 5.46. The summed E-state index contributed by atoms with van der Waals surface area (Å²) in [6.07, 6.45) is 1.25. The van der Waals surface area contributed by atoms with Gasteiger partial charge in [0.15, 0.2) is 5.13 Å². The molecule has 1 heterocycles. The van der Waals surface area contributed by atoms with E-state index in [0.29, 0.717) is 22.3 Å². The van der Waals surface area contributed by atoms with Crippen LogP contribution in [0.4, 0.5) is 10.8 Å². The lowest BCUT2D eigenvalue weighted by molar-refractivity contribution is -0.116. The molecule has 2 N–H and O–H groups in total. The molecule has 178 valence electrons. The number of amides is 2. The average molecular weight is 522 g/mol. The van der Waals surface area contributed by atoms with E-state index in [-0.39, 0.29) is 11.8 Å². The number of hydrogen-bond donors (Lipinski definition) is 2. The highest BCUT2D eigenvalue weighted by Crippen LogP contribution is 2.38. The van der Waals surface area contributed by atoms with Crippen molar-refractivity contribution in [3.05, 3.63) is 94.8 Å². The van der Waals surface area contributed by atoms with E-state index >= 15 is 0 Å². The Balaban J connectivity index is 1.54. The quantitative estimate of drug-likeness (QED) is 0.222. The molecule has 4 aromatic rings. The molecule has 1 unspecified atom stereocenters. The van der Waals surface area contributed by atoms with Gasteiger partial charge in [0.1, 0.15) is 5.25 Å². The number of thioether (sulfide) groups is 1. The summed E-state index contributed by atoms with van der Waals surface area (Å²) in [5, 5.41) is 8.37. The Bertz CT molecular complexity index is 1310. The molecule has 0 saturated heterocycles. The van der Waals surface area contributed by atoms with E-state index in [1.807, 2.05) is 91.2 Å². The van der Waals surface area contributed by atoms with Crippen molar-refractivity contribution < 1.29 is 9.59 Å². The van der Waals surface area contributed by atoms with E-state index in [1.165, 1.54) is 23.1 Å². The van der Waals surface area contributed by atoms with Gasteiger partial charge < -0.3 is 10.6 Å². The van der Waals surface area contributed by atoms with Crippen molar-refractivity contribution in [2.24, 2.45) is 0 Å². The van der Waals surface area contributed by atoms with Crippen molar-refractivity contribution in [3.8, 4) is 11.3 Å². The van der Waals surface area contributed by atoms with Gasteiger partial charge >= 0.3 is 0 Å². The first-order valence-electron chi connectivity index (χ1n) is 11.2. The summed E-state index contributed by atoms with van der Waals surface area (Å²) >= 11 is 9.08. The smallest absolute Gasteiger partial charge is 0.244 e. The molecular formula is C27H24ClN3O2S2. The maximum absolute atomic E-state index is 13.4. The third-order valence-corrected chi connectivity index (χ3v) is 7.41. The molecule has 2 amide bonds. The van der Waals surface area contributed by atoms with Gasteiger partial charge in [-0.15, -0.1) is 23.1 Å². The molecule has 0 fully saturated rings. The maximum atomic E-state index is 13.4. The molecular weight excluding hydrogens is 498 g/mol. The third kappa shape index (κ3) is 6.72. The third-order valence-electron chi connectivity index (χ3n) is 5.07. The zero-order valence-corrected chi connectivity index (χ0v) is 21.4. The van der Waals surface area contributed by atoms with E-state index in [4.69, 9.17) is 11.6 Å². The van der Waals surface area contributed by atoms with Crippen LogP contribution in [0.3, 0.4) is 0 Å². The average Bonchev–Trinajstić information content (AvgIpc) is 3.32. The first-order valence-corrected chi connectivity index (χ1v) is 13.3. The van der Waals surface area contributed by atoms with Crippen molar-refractivity contribution in [3.63, 3.8) is 0 Å². The summed E-state index contributed by atoms with van der Waals surface area (Å²) in [7, 11) is 0. The van der Waals surface area contributed by atoms with Crippen LogP contribution in [-0.4, -0.2) is 16.8 Å². The Labute approximate surface area is 218 Å². The fraction of sp³-hybridized carbons (Fsp3) is 0.148. The molecule has 3 aromatic carbocycles. The van der Waals surface area contributed by atoms with Crippen LogP contribution in [0.15, 0.2) is 89.1 Å². The zero-order valence-electron chi connectivity index (χ0n) is 19.0. The summed E-state index contributed by atoms with van der Waals surface area (Å²) < 4.78 is 0. The van der Waals surface area contributed by atoms with Crippen molar-refractivity contribution >= 4 is 57.3 Å². The highest BCUT2D eigenvalue weighted by Gasteiger charge is 2.23. The molecule has 5 nitrogen and oxygen atoms in total. The number of aromatic nitrogens is 1. The first-order chi connectivity index (χ1) is 17.0. The number of carbonyl (C=O) groups excluding carboxylic acids is 2. The molecule has 0 bridgehead atoms. The van der Waals surface area contributed by atoms with Gasteiger partial charge in [-0.1, -0.05) is 73.1 Å². The van der Waals surface area contributed by atoms with Crippen LogP contribution in [0.1, 0.15) is 30.6 Å². The van der Waals surface area contributed by atoms with Crippen molar-refractivity contribution in [1.82, 2.24) is 4.98 Å². The van der Waals surface area contributed by atoms with Crippen LogP contribution in [0.25, 0.3) is 11.3 Å². The number of anilines is 2. The number of carbonyl (C=O) groups is 2. The van der Waals surface area contributed by atoms with Gasteiger partial charge in [0.2, 0.25) is 11.8 Å². The summed E-state index contributed by atoms with van der Waals surface area (Å²) in [4.78, 5) is 30.9. The fourth-order valence-electron chi connectivity index (χ4n) is 3.43. The maximum Gasteiger partial charge on any atom is 0.244 e. The Morgan fingerprint density at radius 3 is 2.54 bits per heavy atom. The number of nitrogens with zero attached hydrogens (tertiary/aromatic N) is 1. The predicted octanol–water partition coefficient (Wildman–Crippen LogP) is 7.67. The molecule has 4 rings (SSSR count). The highest BCUT2D eigenvalue weighted by atomic mass is 35.5. The summed E-state index contributed by atoms with van der Waals surface area (Å²) in [6, 6.07) is 24.6. The second-order valence-electron chi connectivity index (χ2n) is 7.74. The number of hydrogen-bond acceptors (Lipinski definition) is 5. The van der Waals surface area contributed by atoms with E-state index in [0.717, 1.165) is 28.1 Å². The van der Waals surface area contributed by atoms with Gasteiger partial charge in [0.25, 0.3) is 0 Å². The molecule has 0 aliphatic rings. The van der Waals surface area contributed by atoms with Crippen molar-refractivity contribution in [2.45, 2.75) is 29.9 Å². The Hall–Kier alpha value is -3.13. The highest BCUT2D eigenvalue weighted by molar-refractivity contribution is 8.00. The SMILES string of the molecule is CCCC(=O)Nc1cccc(SC(C(=O)Nc2nc(-c3ccccc3Cl)cs2)c2ccccc2)c1. The normalized spacial score (nSPS) is 11.6. The second kappa shape index (κ2) is 12.0. The van der Waals surface area contributed by atoms with Gasteiger partial charge in [0.05, 0.1) is 5.69 Å². The number of benzene rings is 3. The Kier molecular flexibility index (Phi) is 8.58. The molecule has 35 heavy (non-hydrogen) atoms. The lowest BCUT2D eigenvalue weighted by atomic mass is 10.1. The zero-order chi connectivity index (χ0) is 24.6. The van der Waals surface area contributed by atoms with Crippen LogP contribution < -0.4 is 10.6 Å². The van der Waals surface area contributed by atoms with Crippen LogP contribution in [-0.2, 0) is 9.59 Å². The topological polar surface area (TPSA) is 71.1 Å². The van der Waals surface area contributed by atoms with Crippen LogP contribution >= 0.6 is 34.7 Å². The van der Waals surface area contributed by atoms with Crippen LogP contribution in [0.2, 0.25) is 5.02 Å². The van der Waals surface area contributed by atoms with Gasteiger partial charge in [-0.05, 0) is 36.2 Å². The molecule has 1 atom stereocenters. The standard InChI is InChI=1S/C27H24ClN3O2S2/c1-2-9-24(32)29-19-12-8-13-20(16-19)35-25(18-10-4-3-5-11-18)26(33)31-27-30-23(17-34-27)21-14-6-7-15-22(21)28/h3-8,10-17,25H,2,9H2,1H3,(H,29,32)(H,30,31,33). The van der Waals surface area contributed by atoms with E-state index in [9.17, 15) is 9.59 Å². The van der Waals surface area contributed by atoms with Gasteiger partial charge in [-0.3, -0.25) is 9.59 Å². The first kappa shape index (κ1) is 25.0. The minimum Gasteiger partial charge on any atom is -0.326 e. The van der Waals surface area contributed by atoms with Crippen molar-refractivity contribution in [1.29, 1.82) is 0 Å². The summed E-state index contributed by atoms with van der Waals surface area (Å²) in [6.45, 7) is 1.97. The summed E-state index contributed by atoms with van der Waals surface area (Å²) in [5.41, 5.74) is 3.13. The largest absolute Gasteiger partial charge is 0.326 e. The molecule has 0 saturated carbocycles. The Morgan fingerprint density at radius 1 is 1.00 bits per heavy atom. The minimum absolute atomic E-state index is 0.0231. The molecule has 0 aliphatic carbocycles. The summed E-state index contributed by atoms with van der Waals surface area (Å²) in [5.74, 6) is -0.202. The second-order valence-corrected chi connectivity index (χ2v) is 10.2. The number of nitrogens with one attached hydrogen (secondary N) is 2. The van der Waals surface area contributed by atoms with Crippen LogP contribution in [0, 0.1) is 0 Å². The lowest BCUT2D eigenvalue weighted by Crippen LogP contribution is -2.19. The number of rotatable bonds is 9. The van der Waals surface area contributed by atoms with E-state index < -0.39 is 5.25 Å². The molecule has 8 heteroatoms. The monoisotopic (exact) mass is 521 g/mol. The predicted molar refractivity (Wildman–Crippen MR) is 146 cm³/mol. The lowest BCUT2D eigenvalue weighted by Gasteiger charge is -2.17. The van der Waals surface area contributed by atoms with E-state index in [1.54, 1.807) is 0 Å². The van der Waals surface area contributed by atoms with Crippen molar-refractivity contribution in [2.75, 3.05) is 10.6 Å². The molecule has 0 spiro atoms. The molecule has 1 aromatic heterocycles. The Morgan fingerprint density at radius 2 is 1.77 bits per heavy atom. The number of thiazole rings is 1. The van der Waals surface area contributed by atoms with Gasteiger partial charge in [-0.25, -0.2) is 4.98 Å². The number of halogens is 1. The van der Waals surface area contributed by atoms with Gasteiger partial charge in [-0.2, -0.15) is 0 Å².